The molecular weight excluding hydrogens is 188 g/mol. The maximum Gasteiger partial charge on any atom is 0.258 e. The highest BCUT2D eigenvalue weighted by Gasteiger charge is 2.14. The van der Waals surface area contributed by atoms with Crippen LogP contribution in [0.5, 0.6) is 0 Å². The Labute approximate surface area is 80.4 Å². The van der Waals surface area contributed by atoms with Crippen molar-refractivity contribution in [3.63, 3.8) is 0 Å². The summed E-state index contributed by atoms with van der Waals surface area (Å²) >= 11 is 0. The summed E-state index contributed by atoms with van der Waals surface area (Å²) in [5, 5.41) is 11.1. The largest absolute Gasteiger partial charge is 0.362 e. The van der Waals surface area contributed by atoms with Gasteiger partial charge < -0.3 is 5.32 Å². The maximum absolute atomic E-state index is 12.1. The highest BCUT2D eigenvalue weighted by atomic mass is 19.3. The summed E-state index contributed by atoms with van der Waals surface area (Å²) < 4.78 is 24.3. The second-order valence-corrected chi connectivity index (χ2v) is 2.81. The van der Waals surface area contributed by atoms with Gasteiger partial charge in [-0.2, -0.15) is 5.26 Å². The number of nitriles is 1. The van der Waals surface area contributed by atoms with E-state index in [1.165, 1.54) is 25.3 Å². The van der Waals surface area contributed by atoms with Gasteiger partial charge in [-0.25, -0.2) is 13.8 Å². The van der Waals surface area contributed by atoms with Crippen molar-refractivity contribution in [3.8, 4) is 6.07 Å². The van der Waals surface area contributed by atoms with Crippen LogP contribution >= 0.6 is 0 Å². The average Bonchev–Trinajstić information content (AvgIpc) is 2.18. The van der Waals surface area contributed by atoms with Crippen LogP contribution < -0.4 is 5.32 Å². The van der Waals surface area contributed by atoms with Gasteiger partial charge in [0.1, 0.15) is 5.82 Å². The van der Waals surface area contributed by atoms with E-state index in [1.54, 1.807) is 0 Å². The summed E-state index contributed by atoms with van der Waals surface area (Å²) in [6.45, 7) is 1.35. The molecule has 74 valence electrons. The number of alkyl halides is 2. The Kier molecular flexibility index (Phi) is 3.35. The summed E-state index contributed by atoms with van der Waals surface area (Å²) in [5.41, 5.74) is 0.393. The molecule has 5 heteroatoms. The first-order valence-electron chi connectivity index (χ1n) is 4.04. The fourth-order valence-electron chi connectivity index (χ4n) is 0.875. The second kappa shape index (κ2) is 4.51. The van der Waals surface area contributed by atoms with Crippen LogP contribution in [-0.4, -0.2) is 17.5 Å². The van der Waals surface area contributed by atoms with Gasteiger partial charge in [0.2, 0.25) is 0 Å². The van der Waals surface area contributed by atoms with E-state index < -0.39 is 12.5 Å². The van der Waals surface area contributed by atoms with Crippen LogP contribution in [0.15, 0.2) is 18.3 Å². The van der Waals surface area contributed by atoms with E-state index in [9.17, 15) is 8.78 Å². The van der Waals surface area contributed by atoms with Gasteiger partial charge >= 0.3 is 0 Å². The maximum atomic E-state index is 12.1. The summed E-state index contributed by atoms with van der Waals surface area (Å²) in [6.07, 6.45) is -1.05. The lowest BCUT2D eigenvalue weighted by atomic mass is 10.3. The Hall–Kier alpha value is -1.70. The van der Waals surface area contributed by atoms with E-state index in [0.717, 1.165) is 0 Å². The van der Waals surface area contributed by atoms with Gasteiger partial charge in [0.25, 0.3) is 6.43 Å². The van der Waals surface area contributed by atoms with Crippen molar-refractivity contribution in [2.75, 3.05) is 5.32 Å². The molecule has 0 spiro atoms. The second-order valence-electron chi connectivity index (χ2n) is 2.81. The smallest absolute Gasteiger partial charge is 0.258 e. The molecule has 0 aliphatic carbocycles. The highest BCUT2D eigenvalue weighted by molar-refractivity contribution is 5.42. The summed E-state index contributed by atoms with van der Waals surface area (Å²) in [6, 6.07) is 3.87. The molecule has 0 bridgehead atoms. The lowest BCUT2D eigenvalue weighted by molar-refractivity contribution is 0.130. The average molecular weight is 197 g/mol. The molecule has 1 heterocycles. The fraction of sp³-hybridized carbons (Fsp3) is 0.333. The van der Waals surface area contributed by atoms with E-state index in [4.69, 9.17) is 5.26 Å². The van der Waals surface area contributed by atoms with Crippen molar-refractivity contribution in [2.45, 2.75) is 19.4 Å². The molecule has 1 atom stereocenters. The molecule has 0 saturated carbocycles. The molecule has 1 aromatic rings. The Morgan fingerprint density at radius 1 is 1.57 bits per heavy atom. The van der Waals surface area contributed by atoms with Crippen LogP contribution in [0.3, 0.4) is 0 Å². The van der Waals surface area contributed by atoms with Gasteiger partial charge in [-0.3, -0.25) is 0 Å². The van der Waals surface area contributed by atoms with Gasteiger partial charge in [-0.05, 0) is 19.1 Å². The standard InChI is InChI=1S/C9H9F2N3/c1-6(9(10)11)14-8-4-7(5-12)2-3-13-8/h2-4,6,9H,1H3,(H,13,14)/t6-/m0/s1. The predicted molar refractivity (Wildman–Crippen MR) is 48.0 cm³/mol. The van der Waals surface area contributed by atoms with Gasteiger partial charge in [0.15, 0.2) is 0 Å². The number of hydrogen-bond acceptors (Lipinski definition) is 3. The molecule has 0 amide bonds. The van der Waals surface area contributed by atoms with Gasteiger partial charge in [0, 0.05) is 6.20 Å². The number of aromatic nitrogens is 1. The number of nitrogens with one attached hydrogen (secondary N) is 1. The zero-order valence-electron chi connectivity index (χ0n) is 7.54. The number of pyridine rings is 1. The SMILES string of the molecule is C[C@H](Nc1cc(C#N)ccn1)C(F)F. The molecule has 0 radical (unpaired) electrons. The molecule has 0 aliphatic heterocycles. The Morgan fingerprint density at radius 3 is 2.86 bits per heavy atom. The number of halogens is 2. The molecule has 14 heavy (non-hydrogen) atoms. The molecule has 0 unspecified atom stereocenters. The van der Waals surface area contributed by atoms with E-state index in [0.29, 0.717) is 5.56 Å². The lowest BCUT2D eigenvalue weighted by Gasteiger charge is -2.12. The minimum absolute atomic E-state index is 0.289. The van der Waals surface area contributed by atoms with Crippen molar-refractivity contribution in [1.29, 1.82) is 5.26 Å². The van der Waals surface area contributed by atoms with Crippen molar-refractivity contribution < 1.29 is 8.78 Å². The Morgan fingerprint density at radius 2 is 2.29 bits per heavy atom. The van der Waals surface area contributed by atoms with Crippen LogP contribution in [0.2, 0.25) is 0 Å². The van der Waals surface area contributed by atoms with E-state index in [2.05, 4.69) is 10.3 Å². The van der Waals surface area contributed by atoms with Gasteiger partial charge in [0.05, 0.1) is 17.7 Å². The number of anilines is 1. The predicted octanol–water partition coefficient (Wildman–Crippen LogP) is 2.02. The summed E-state index contributed by atoms with van der Waals surface area (Å²) in [5.74, 6) is 0.289. The van der Waals surface area contributed by atoms with Crippen LogP contribution in [0.4, 0.5) is 14.6 Å². The number of hydrogen-bond donors (Lipinski definition) is 1. The molecule has 1 N–H and O–H groups in total. The minimum Gasteiger partial charge on any atom is -0.362 e. The fourth-order valence-corrected chi connectivity index (χ4v) is 0.875. The van der Waals surface area contributed by atoms with Crippen LogP contribution in [0, 0.1) is 11.3 Å². The van der Waals surface area contributed by atoms with E-state index in [1.807, 2.05) is 6.07 Å². The van der Waals surface area contributed by atoms with E-state index >= 15 is 0 Å². The Bertz CT molecular complexity index is 346. The molecule has 0 aliphatic rings. The van der Waals surface area contributed by atoms with Crippen molar-refractivity contribution >= 4 is 5.82 Å². The van der Waals surface area contributed by atoms with Crippen LogP contribution in [0.1, 0.15) is 12.5 Å². The first kappa shape index (κ1) is 10.4. The number of rotatable bonds is 3. The highest BCUT2D eigenvalue weighted by Crippen LogP contribution is 2.10. The topological polar surface area (TPSA) is 48.7 Å². The van der Waals surface area contributed by atoms with Crippen molar-refractivity contribution in [1.82, 2.24) is 4.98 Å². The molecular formula is C9H9F2N3. The lowest BCUT2D eigenvalue weighted by Crippen LogP contribution is -2.24. The van der Waals surface area contributed by atoms with E-state index in [-0.39, 0.29) is 5.82 Å². The third-order valence-corrected chi connectivity index (χ3v) is 1.64. The number of nitrogens with zero attached hydrogens (tertiary/aromatic N) is 2. The van der Waals surface area contributed by atoms with Crippen LogP contribution in [0.25, 0.3) is 0 Å². The van der Waals surface area contributed by atoms with Gasteiger partial charge in [-0.15, -0.1) is 0 Å². The summed E-state index contributed by atoms with van der Waals surface area (Å²) in [4.78, 5) is 3.81. The first-order chi connectivity index (χ1) is 6.63. The zero-order valence-corrected chi connectivity index (χ0v) is 7.54. The zero-order chi connectivity index (χ0) is 10.6. The monoisotopic (exact) mass is 197 g/mol. The molecule has 0 saturated heterocycles. The van der Waals surface area contributed by atoms with Gasteiger partial charge in [-0.1, -0.05) is 0 Å². The first-order valence-corrected chi connectivity index (χ1v) is 4.04. The third kappa shape index (κ3) is 2.66. The minimum atomic E-state index is -2.46. The van der Waals surface area contributed by atoms with Crippen molar-refractivity contribution in [2.24, 2.45) is 0 Å². The molecule has 1 aromatic heterocycles. The third-order valence-electron chi connectivity index (χ3n) is 1.64. The van der Waals surface area contributed by atoms with Crippen LogP contribution in [-0.2, 0) is 0 Å². The summed E-state index contributed by atoms with van der Waals surface area (Å²) in [7, 11) is 0. The molecule has 0 fully saturated rings. The quantitative estimate of drug-likeness (QED) is 0.806. The Balaban J connectivity index is 2.73. The molecule has 3 nitrogen and oxygen atoms in total. The van der Waals surface area contributed by atoms with Crippen molar-refractivity contribution in [3.05, 3.63) is 23.9 Å². The molecule has 0 aromatic carbocycles. The normalized spacial score (nSPS) is 12.2. The molecule has 1 rings (SSSR count).